The summed E-state index contributed by atoms with van der Waals surface area (Å²) < 4.78 is 0. The van der Waals surface area contributed by atoms with E-state index < -0.39 is 0 Å². The van der Waals surface area contributed by atoms with Gasteiger partial charge in [0.2, 0.25) is 0 Å². The van der Waals surface area contributed by atoms with Crippen LogP contribution < -0.4 is 5.32 Å². The van der Waals surface area contributed by atoms with Gasteiger partial charge in [-0.3, -0.25) is 0 Å². The SMILES string of the molecule is CC(C)N1CCC(NCC(O)CC(C)(C)C)CC1. The first kappa shape index (κ1) is 15.9. The normalized spacial score (nSPS) is 21.5. The molecule has 1 heterocycles. The Labute approximate surface area is 113 Å². The molecule has 0 amide bonds. The van der Waals surface area contributed by atoms with Crippen molar-refractivity contribution in [3.05, 3.63) is 0 Å². The zero-order valence-electron chi connectivity index (χ0n) is 12.9. The topological polar surface area (TPSA) is 35.5 Å². The van der Waals surface area contributed by atoms with Crippen molar-refractivity contribution >= 4 is 0 Å². The van der Waals surface area contributed by atoms with Crippen molar-refractivity contribution < 1.29 is 5.11 Å². The maximum absolute atomic E-state index is 9.98. The van der Waals surface area contributed by atoms with Crippen LogP contribution in [0.5, 0.6) is 0 Å². The maximum Gasteiger partial charge on any atom is 0.0669 e. The highest BCUT2D eigenvalue weighted by Crippen LogP contribution is 2.20. The minimum Gasteiger partial charge on any atom is -0.392 e. The highest BCUT2D eigenvalue weighted by atomic mass is 16.3. The first-order valence-corrected chi connectivity index (χ1v) is 7.43. The first-order chi connectivity index (χ1) is 8.28. The Morgan fingerprint density at radius 2 is 1.78 bits per heavy atom. The number of piperidine rings is 1. The van der Waals surface area contributed by atoms with Gasteiger partial charge < -0.3 is 15.3 Å². The van der Waals surface area contributed by atoms with E-state index in [2.05, 4.69) is 44.8 Å². The number of hydrogen-bond donors (Lipinski definition) is 2. The average Bonchev–Trinajstić information content (AvgIpc) is 2.24. The highest BCUT2D eigenvalue weighted by Gasteiger charge is 2.22. The number of hydrogen-bond acceptors (Lipinski definition) is 3. The molecule has 0 bridgehead atoms. The first-order valence-electron chi connectivity index (χ1n) is 7.43. The largest absolute Gasteiger partial charge is 0.392 e. The molecule has 3 nitrogen and oxygen atoms in total. The lowest BCUT2D eigenvalue weighted by Gasteiger charge is -2.35. The van der Waals surface area contributed by atoms with E-state index in [1.807, 2.05) is 0 Å². The molecule has 1 aliphatic rings. The number of rotatable bonds is 5. The average molecular weight is 256 g/mol. The van der Waals surface area contributed by atoms with Crippen LogP contribution in [0.25, 0.3) is 0 Å². The second kappa shape index (κ2) is 6.88. The van der Waals surface area contributed by atoms with Crippen LogP contribution in [0.1, 0.15) is 53.9 Å². The Morgan fingerprint density at radius 1 is 1.22 bits per heavy atom. The van der Waals surface area contributed by atoms with Crippen LogP contribution in [-0.2, 0) is 0 Å². The number of aliphatic hydroxyl groups excluding tert-OH is 1. The van der Waals surface area contributed by atoms with Crippen LogP contribution >= 0.6 is 0 Å². The fourth-order valence-electron chi connectivity index (χ4n) is 2.70. The van der Waals surface area contributed by atoms with Gasteiger partial charge in [0.05, 0.1) is 6.10 Å². The number of aliphatic hydroxyl groups is 1. The molecule has 1 fully saturated rings. The lowest BCUT2D eigenvalue weighted by molar-refractivity contribution is 0.106. The molecule has 3 heteroatoms. The van der Waals surface area contributed by atoms with Crippen molar-refractivity contribution in [3.8, 4) is 0 Å². The van der Waals surface area contributed by atoms with E-state index in [9.17, 15) is 5.11 Å². The van der Waals surface area contributed by atoms with Crippen molar-refractivity contribution in [2.75, 3.05) is 19.6 Å². The Bertz CT molecular complexity index is 227. The van der Waals surface area contributed by atoms with Crippen LogP contribution in [0.4, 0.5) is 0 Å². The summed E-state index contributed by atoms with van der Waals surface area (Å²) in [6.45, 7) is 14.2. The Kier molecular flexibility index (Phi) is 6.09. The molecular formula is C15H32N2O. The zero-order chi connectivity index (χ0) is 13.8. The molecule has 1 rings (SSSR count). The molecular weight excluding hydrogens is 224 g/mol. The van der Waals surface area contributed by atoms with Gasteiger partial charge in [-0.1, -0.05) is 20.8 Å². The van der Waals surface area contributed by atoms with Crippen LogP contribution in [0.2, 0.25) is 0 Å². The van der Waals surface area contributed by atoms with Crippen LogP contribution in [0, 0.1) is 5.41 Å². The van der Waals surface area contributed by atoms with Gasteiger partial charge in [0.1, 0.15) is 0 Å². The van der Waals surface area contributed by atoms with E-state index in [0.717, 1.165) is 13.0 Å². The molecule has 18 heavy (non-hydrogen) atoms. The number of nitrogens with zero attached hydrogens (tertiary/aromatic N) is 1. The summed E-state index contributed by atoms with van der Waals surface area (Å²) >= 11 is 0. The summed E-state index contributed by atoms with van der Waals surface area (Å²) in [5.74, 6) is 0. The second-order valence-corrected chi connectivity index (χ2v) is 7.23. The van der Waals surface area contributed by atoms with E-state index in [-0.39, 0.29) is 11.5 Å². The molecule has 0 aromatic carbocycles. The lowest BCUT2D eigenvalue weighted by atomic mass is 9.89. The highest BCUT2D eigenvalue weighted by molar-refractivity contribution is 4.80. The van der Waals surface area contributed by atoms with E-state index in [4.69, 9.17) is 0 Å². The summed E-state index contributed by atoms with van der Waals surface area (Å²) in [5, 5.41) is 13.5. The summed E-state index contributed by atoms with van der Waals surface area (Å²) in [5.41, 5.74) is 0.210. The Morgan fingerprint density at radius 3 is 2.22 bits per heavy atom. The third-order valence-electron chi connectivity index (χ3n) is 3.75. The third kappa shape index (κ3) is 6.17. The van der Waals surface area contributed by atoms with E-state index in [1.54, 1.807) is 0 Å². The Hall–Kier alpha value is -0.120. The van der Waals surface area contributed by atoms with Crippen molar-refractivity contribution in [1.82, 2.24) is 10.2 Å². The van der Waals surface area contributed by atoms with E-state index in [1.165, 1.54) is 25.9 Å². The minimum absolute atomic E-state index is 0.210. The van der Waals surface area contributed by atoms with Gasteiger partial charge in [-0.2, -0.15) is 0 Å². The van der Waals surface area contributed by atoms with Crippen molar-refractivity contribution in [1.29, 1.82) is 0 Å². The van der Waals surface area contributed by atoms with E-state index >= 15 is 0 Å². The molecule has 108 valence electrons. The fourth-order valence-corrected chi connectivity index (χ4v) is 2.70. The molecule has 0 spiro atoms. The predicted molar refractivity (Wildman–Crippen MR) is 77.8 cm³/mol. The number of nitrogens with one attached hydrogen (secondary N) is 1. The summed E-state index contributed by atoms with van der Waals surface area (Å²) in [4.78, 5) is 2.53. The molecule has 1 atom stereocenters. The van der Waals surface area contributed by atoms with Gasteiger partial charge in [-0.15, -0.1) is 0 Å². The minimum atomic E-state index is -0.215. The molecule has 1 unspecified atom stereocenters. The molecule has 0 saturated carbocycles. The van der Waals surface area contributed by atoms with Gasteiger partial charge in [0.15, 0.2) is 0 Å². The number of likely N-dealkylation sites (tertiary alicyclic amines) is 1. The zero-order valence-corrected chi connectivity index (χ0v) is 12.9. The van der Waals surface area contributed by atoms with Crippen LogP contribution in [0.3, 0.4) is 0 Å². The maximum atomic E-state index is 9.98. The van der Waals surface area contributed by atoms with Gasteiger partial charge in [0.25, 0.3) is 0 Å². The van der Waals surface area contributed by atoms with E-state index in [0.29, 0.717) is 12.1 Å². The molecule has 1 aliphatic heterocycles. The molecule has 0 radical (unpaired) electrons. The summed E-state index contributed by atoms with van der Waals surface area (Å²) in [7, 11) is 0. The molecule has 0 aromatic rings. The molecule has 0 aromatic heterocycles. The Balaban J connectivity index is 2.18. The quantitative estimate of drug-likeness (QED) is 0.792. The molecule has 2 N–H and O–H groups in total. The molecule has 1 saturated heterocycles. The van der Waals surface area contributed by atoms with Crippen molar-refractivity contribution in [3.63, 3.8) is 0 Å². The predicted octanol–water partition coefficient (Wildman–Crippen LogP) is 2.25. The van der Waals surface area contributed by atoms with Crippen molar-refractivity contribution in [2.45, 2.75) is 72.1 Å². The summed E-state index contributed by atoms with van der Waals surface area (Å²) in [6.07, 6.45) is 3.07. The summed E-state index contributed by atoms with van der Waals surface area (Å²) in [6, 6.07) is 1.26. The standard InChI is InChI=1S/C15H32N2O/c1-12(2)17-8-6-13(7-9-17)16-11-14(18)10-15(3,4)5/h12-14,16,18H,6-11H2,1-5H3. The van der Waals surface area contributed by atoms with Crippen LogP contribution in [0.15, 0.2) is 0 Å². The van der Waals surface area contributed by atoms with Crippen molar-refractivity contribution in [2.24, 2.45) is 5.41 Å². The molecule has 0 aliphatic carbocycles. The van der Waals surface area contributed by atoms with Gasteiger partial charge in [-0.25, -0.2) is 0 Å². The van der Waals surface area contributed by atoms with Crippen LogP contribution in [-0.4, -0.2) is 47.8 Å². The second-order valence-electron chi connectivity index (χ2n) is 7.23. The third-order valence-corrected chi connectivity index (χ3v) is 3.75. The van der Waals surface area contributed by atoms with Gasteiger partial charge >= 0.3 is 0 Å². The monoisotopic (exact) mass is 256 g/mol. The smallest absolute Gasteiger partial charge is 0.0669 e. The van der Waals surface area contributed by atoms with Gasteiger partial charge in [-0.05, 0) is 51.6 Å². The lowest BCUT2D eigenvalue weighted by Crippen LogP contribution is -2.46. The fraction of sp³-hybridized carbons (Fsp3) is 1.00. The van der Waals surface area contributed by atoms with Gasteiger partial charge in [0, 0.05) is 18.6 Å².